The van der Waals surface area contributed by atoms with Gasteiger partial charge in [-0.1, -0.05) is 0 Å². The molecule has 21 heavy (non-hydrogen) atoms. The van der Waals surface area contributed by atoms with Crippen molar-refractivity contribution < 1.29 is 13.9 Å². The van der Waals surface area contributed by atoms with Crippen LogP contribution >= 0.6 is 0 Å². The van der Waals surface area contributed by atoms with E-state index in [-0.39, 0.29) is 30.3 Å². The molecule has 1 fully saturated rings. The van der Waals surface area contributed by atoms with E-state index in [1.165, 1.54) is 0 Å². The first kappa shape index (κ1) is 14.3. The molecular formula is C15H20FN3O2. The van der Waals surface area contributed by atoms with E-state index >= 15 is 0 Å². The summed E-state index contributed by atoms with van der Waals surface area (Å²) in [5.41, 5.74) is 0.920. The average molecular weight is 293 g/mol. The predicted molar refractivity (Wildman–Crippen MR) is 75.0 cm³/mol. The Bertz CT molecular complexity index is 555. The monoisotopic (exact) mass is 293 g/mol. The van der Waals surface area contributed by atoms with Gasteiger partial charge in [0.25, 0.3) is 0 Å². The highest BCUT2D eigenvalue weighted by molar-refractivity contribution is 5.80. The molecule has 0 aromatic carbocycles. The quantitative estimate of drug-likeness (QED) is 0.837. The van der Waals surface area contributed by atoms with Gasteiger partial charge >= 0.3 is 0 Å². The van der Waals surface area contributed by atoms with Gasteiger partial charge < -0.3 is 9.64 Å². The highest BCUT2D eigenvalue weighted by Crippen LogP contribution is 2.35. The van der Waals surface area contributed by atoms with Gasteiger partial charge in [0, 0.05) is 32.0 Å². The lowest BCUT2D eigenvalue weighted by Crippen LogP contribution is -2.43. The minimum absolute atomic E-state index is 0.00759. The number of rotatable bonds is 2. The molecule has 1 aromatic rings. The Balaban J connectivity index is 1.77. The predicted octanol–water partition coefficient (Wildman–Crippen LogP) is 1.97. The molecule has 0 spiro atoms. The molecule has 1 saturated heterocycles. The van der Waals surface area contributed by atoms with Crippen LogP contribution in [0.5, 0.6) is 0 Å². The number of aromatic nitrogens is 2. The van der Waals surface area contributed by atoms with Crippen LogP contribution in [0.25, 0.3) is 0 Å². The van der Waals surface area contributed by atoms with Gasteiger partial charge in [-0.15, -0.1) is 0 Å². The van der Waals surface area contributed by atoms with Crippen molar-refractivity contribution in [1.82, 2.24) is 14.7 Å². The van der Waals surface area contributed by atoms with Gasteiger partial charge in [0.15, 0.2) is 0 Å². The van der Waals surface area contributed by atoms with Gasteiger partial charge in [0.2, 0.25) is 5.91 Å². The normalized spacial score (nSPS) is 26.6. The number of aryl methyl sites for hydroxylation is 1. The fourth-order valence-electron chi connectivity index (χ4n) is 3.08. The third kappa shape index (κ3) is 3.00. The molecule has 3 rings (SSSR count). The molecule has 1 aromatic heterocycles. The van der Waals surface area contributed by atoms with Crippen LogP contribution in [0.15, 0.2) is 24.3 Å². The highest BCUT2D eigenvalue weighted by Gasteiger charge is 2.36. The van der Waals surface area contributed by atoms with Crippen LogP contribution in [0.1, 0.15) is 30.9 Å². The Kier molecular flexibility index (Phi) is 4.05. The Morgan fingerprint density at radius 2 is 2.38 bits per heavy atom. The molecule has 3 heterocycles. The van der Waals surface area contributed by atoms with Crippen LogP contribution < -0.4 is 0 Å². The Labute approximate surface area is 123 Å². The van der Waals surface area contributed by atoms with Crippen molar-refractivity contribution in [1.29, 1.82) is 0 Å². The Hall–Kier alpha value is -1.69. The number of hydrogen-bond donors (Lipinski definition) is 0. The van der Waals surface area contributed by atoms with Gasteiger partial charge in [-0.05, 0) is 25.3 Å². The third-order valence-corrected chi connectivity index (χ3v) is 4.11. The maximum atomic E-state index is 13.4. The van der Waals surface area contributed by atoms with Gasteiger partial charge in [-0.2, -0.15) is 5.10 Å². The summed E-state index contributed by atoms with van der Waals surface area (Å²) >= 11 is 0. The number of ether oxygens (including phenoxy) is 1. The summed E-state index contributed by atoms with van der Waals surface area (Å²) in [7, 11) is 1.84. The summed E-state index contributed by atoms with van der Waals surface area (Å²) in [6.45, 7) is 1.33. The lowest BCUT2D eigenvalue weighted by atomic mass is 9.89. The van der Waals surface area contributed by atoms with E-state index in [2.05, 4.69) is 5.10 Å². The molecule has 1 amide bonds. The van der Waals surface area contributed by atoms with Crippen molar-refractivity contribution >= 4 is 5.91 Å². The van der Waals surface area contributed by atoms with Crippen molar-refractivity contribution in [3.63, 3.8) is 0 Å². The fourth-order valence-corrected chi connectivity index (χ4v) is 3.08. The van der Waals surface area contributed by atoms with Crippen LogP contribution in [0, 0.1) is 5.92 Å². The number of halogens is 1. The number of carbonyl (C=O) groups excluding carboxylic acids is 1. The summed E-state index contributed by atoms with van der Waals surface area (Å²) in [5.74, 6) is -0.468. The molecule has 2 atom stereocenters. The van der Waals surface area contributed by atoms with E-state index in [9.17, 15) is 9.18 Å². The second-order valence-corrected chi connectivity index (χ2v) is 5.69. The molecule has 0 aliphatic carbocycles. The van der Waals surface area contributed by atoms with E-state index in [0.29, 0.717) is 19.6 Å². The number of nitrogens with zero attached hydrogens (tertiary/aromatic N) is 3. The van der Waals surface area contributed by atoms with Crippen molar-refractivity contribution in [3.05, 3.63) is 29.9 Å². The minimum atomic E-state index is -0.270. The molecule has 0 saturated carbocycles. The van der Waals surface area contributed by atoms with E-state index in [1.54, 1.807) is 21.9 Å². The van der Waals surface area contributed by atoms with Gasteiger partial charge in [0.05, 0.1) is 24.8 Å². The maximum absolute atomic E-state index is 13.4. The van der Waals surface area contributed by atoms with Crippen LogP contribution in [0.4, 0.5) is 4.39 Å². The Morgan fingerprint density at radius 1 is 1.52 bits per heavy atom. The number of carbonyl (C=O) groups is 1. The second-order valence-electron chi connectivity index (χ2n) is 5.69. The van der Waals surface area contributed by atoms with Crippen molar-refractivity contribution in [3.8, 4) is 0 Å². The summed E-state index contributed by atoms with van der Waals surface area (Å²) in [5, 5.41) is 4.15. The first-order valence-corrected chi connectivity index (χ1v) is 7.38. The molecular weight excluding hydrogens is 273 g/mol. The standard InChI is InChI=1S/C15H20FN3O2/c1-18-9-11(8-17-18)14-13(5-3-7-21-14)15(20)19-6-2-4-12(16)10-19/h4,8-9,13-14H,2-3,5-7,10H2,1H3/t13-,14+/m1/s1. The van der Waals surface area contributed by atoms with E-state index in [0.717, 1.165) is 18.4 Å². The smallest absolute Gasteiger partial charge is 0.229 e. The zero-order valence-electron chi connectivity index (χ0n) is 12.2. The molecule has 0 N–H and O–H groups in total. The van der Waals surface area contributed by atoms with Crippen LogP contribution in [-0.2, 0) is 16.6 Å². The maximum Gasteiger partial charge on any atom is 0.229 e. The summed E-state index contributed by atoms with van der Waals surface area (Å²) < 4.78 is 20.9. The van der Waals surface area contributed by atoms with Crippen molar-refractivity contribution in [2.45, 2.75) is 25.4 Å². The topological polar surface area (TPSA) is 47.4 Å². The number of amides is 1. The van der Waals surface area contributed by atoms with Gasteiger partial charge in [-0.3, -0.25) is 9.48 Å². The number of hydrogen-bond acceptors (Lipinski definition) is 3. The van der Waals surface area contributed by atoms with Crippen molar-refractivity contribution in [2.24, 2.45) is 13.0 Å². The van der Waals surface area contributed by atoms with Crippen LogP contribution in [0.2, 0.25) is 0 Å². The fraction of sp³-hybridized carbons (Fsp3) is 0.600. The molecule has 0 bridgehead atoms. The molecule has 114 valence electrons. The average Bonchev–Trinajstić information content (AvgIpc) is 2.93. The lowest BCUT2D eigenvalue weighted by Gasteiger charge is -2.35. The zero-order chi connectivity index (χ0) is 14.8. The molecule has 5 nitrogen and oxygen atoms in total. The largest absolute Gasteiger partial charge is 0.373 e. The molecule has 0 radical (unpaired) electrons. The van der Waals surface area contributed by atoms with Crippen molar-refractivity contribution in [2.75, 3.05) is 19.7 Å². The minimum Gasteiger partial charge on any atom is -0.373 e. The lowest BCUT2D eigenvalue weighted by molar-refractivity contribution is -0.145. The van der Waals surface area contributed by atoms with Gasteiger partial charge in [0.1, 0.15) is 5.83 Å². The third-order valence-electron chi connectivity index (χ3n) is 4.11. The first-order chi connectivity index (χ1) is 10.1. The van der Waals surface area contributed by atoms with Gasteiger partial charge in [-0.25, -0.2) is 4.39 Å². The molecule has 2 aliphatic heterocycles. The molecule has 0 unspecified atom stereocenters. The summed E-state index contributed by atoms with van der Waals surface area (Å²) in [6.07, 6.45) is 7.14. The first-order valence-electron chi connectivity index (χ1n) is 7.38. The SMILES string of the molecule is Cn1cc([C@@H]2OCCC[C@H]2C(=O)N2CCC=C(F)C2)cn1. The van der Waals surface area contributed by atoms with E-state index in [1.807, 2.05) is 13.2 Å². The second kappa shape index (κ2) is 5.97. The molecule has 2 aliphatic rings. The van der Waals surface area contributed by atoms with Crippen LogP contribution in [0.3, 0.4) is 0 Å². The molecule has 6 heteroatoms. The summed E-state index contributed by atoms with van der Waals surface area (Å²) in [4.78, 5) is 14.3. The highest BCUT2D eigenvalue weighted by atomic mass is 19.1. The van der Waals surface area contributed by atoms with E-state index in [4.69, 9.17) is 4.74 Å². The Morgan fingerprint density at radius 3 is 3.10 bits per heavy atom. The van der Waals surface area contributed by atoms with E-state index < -0.39 is 0 Å². The summed E-state index contributed by atoms with van der Waals surface area (Å²) in [6, 6.07) is 0. The zero-order valence-corrected chi connectivity index (χ0v) is 12.2. The van der Waals surface area contributed by atoms with Crippen LogP contribution in [-0.4, -0.2) is 40.3 Å².